The Morgan fingerprint density at radius 3 is 2.46 bits per heavy atom. The summed E-state index contributed by atoms with van der Waals surface area (Å²) in [6.45, 7) is 8.40. The molecular formula is C29H39ClO7. The lowest BCUT2D eigenvalue weighted by Crippen LogP contribution is -2.54. The van der Waals surface area contributed by atoms with E-state index in [2.05, 4.69) is 39.0 Å². The van der Waals surface area contributed by atoms with Crippen molar-refractivity contribution in [3.8, 4) is 5.75 Å². The predicted molar refractivity (Wildman–Crippen MR) is 141 cm³/mol. The fourth-order valence-electron chi connectivity index (χ4n) is 5.66. The van der Waals surface area contributed by atoms with Crippen molar-refractivity contribution in [3.05, 3.63) is 63.2 Å². The standard InChI is InChI=1S/C29H39ClO7/c1-15-8-17-9-18(12-31)20(13-36-28-27(34)26(33)23(32)14-37-28)25(19(17)11-22(15)30)16-6-7-24(35-5)21(10-16)29(2,3)4/h6-8,10-11,18,20,23,25-28,31-34H,9,12-14H2,1-5H3/t18-,20-,23-,25?,26+,27-,28-/m1/s1. The van der Waals surface area contributed by atoms with Gasteiger partial charge in [-0.05, 0) is 70.5 Å². The highest BCUT2D eigenvalue weighted by Crippen LogP contribution is 2.47. The van der Waals surface area contributed by atoms with Crippen LogP contribution in [-0.2, 0) is 21.3 Å². The highest BCUT2D eigenvalue weighted by Gasteiger charge is 2.42. The first-order valence-electron chi connectivity index (χ1n) is 12.8. The molecule has 1 aliphatic carbocycles. The van der Waals surface area contributed by atoms with Gasteiger partial charge in [0.2, 0.25) is 0 Å². The average Bonchev–Trinajstić information content (AvgIpc) is 2.86. The highest BCUT2D eigenvalue weighted by atomic mass is 35.5. The molecule has 1 fully saturated rings. The zero-order valence-electron chi connectivity index (χ0n) is 22.1. The first-order valence-corrected chi connectivity index (χ1v) is 13.2. The Kier molecular flexibility index (Phi) is 8.56. The molecule has 0 saturated carbocycles. The van der Waals surface area contributed by atoms with E-state index in [-0.39, 0.29) is 43.0 Å². The van der Waals surface area contributed by atoms with Crippen LogP contribution in [0, 0.1) is 18.8 Å². The Hall–Kier alpha value is -1.71. The van der Waals surface area contributed by atoms with Crippen LogP contribution < -0.4 is 4.74 Å². The van der Waals surface area contributed by atoms with Gasteiger partial charge in [-0.1, -0.05) is 50.6 Å². The smallest absolute Gasteiger partial charge is 0.186 e. The fourth-order valence-corrected chi connectivity index (χ4v) is 5.83. The van der Waals surface area contributed by atoms with Crippen molar-refractivity contribution in [1.29, 1.82) is 0 Å². The number of aliphatic hydroxyl groups excluding tert-OH is 4. The number of hydrogen-bond donors (Lipinski definition) is 4. The third-order valence-electron chi connectivity index (χ3n) is 7.80. The van der Waals surface area contributed by atoms with Crippen LogP contribution in [0.4, 0.5) is 0 Å². The molecule has 0 amide bonds. The van der Waals surface area contributed by atoms with Crippen molar-refractivity contribution in [3.63, 3.8) is 0 Å². The van der Waals surface area contributed by atoms with Crippen molar-refractivity contribution in [2.75, 3.05) is 26.9 Å². The Bertz CT molecular complexity index is 1100. The highest BCUT2D eigenvalue weighted by molar-refractivity contribution is 6.31. The minimum Gasteiger partial charge on any atom is -0.496 e. The quantitative estimate of drug-likeness (QED) is 0.450. The SMILES string of the molecule is COc1ccc(C2c3cc(Cl)c(C)cc3C[C@H](CO)[C@H]2CO[C@@H]2OC[C@@H](O)[C@H](O)[C@H]2O)cc1C(C)(C)C. The molecule has 1 aliphatic heterocycles. The van der Waals surface area contributed by atoms with E-state index in [1.807, 2.05) is 19.1 Å². The van der Waals surface area contributed by atoms with E-state index in [4.69, 9.17) is 25.8 Å². The minimum absolute atomic E-state index is 0.0384. The first-order chi connectivity index (χ1) is 17.5. The van der Waals surface area contributed by atoms with Crippen molar-refractivity contribution in [2.24, 2.45) is 11.8 Å². The van der Waals surface area contributed by atoms with Crippen molar-refractivity contribution >= 4 is 11.6 Å². The Labute approximate surface area is 224 Å². The van der Waals surface area contributed by atoms with Gasteiger partial charge in [0.15, 0.2) is 6.29 Å². The maximum Gasteiger partial charge on any atom is 0.186 e. The second-order valence-electron chi connectivity index (χ2n) is 11.4. The average molecular weight is 535 g/mol. The van der Waals surface area contributed by atoms with Crippen molar-refractivity contribution in [2.45, 2.75) is 70.1 Å². The predicted octanol–water partition coefficient (Wildman–Crippen LogP) is 3.32. The lowest BCUT2D eigenvalue weighted by atomic mass is 9.66. The zero-order valence-corrected chi connectivity index (χ0v) is 22.9. The van der Waals surface area contributed by atoms with E-state index < -0.39 is 24.6 Å². The summed E-state index contributed by atoms with van der Waals surface area (Å²) >= 11 is 6.61. The summed E-state index contributed by atoms with van der Waals surface area (Å²) in [5.41, 5.74) is 5.17. The number of aryl methyl sites for hydroxylation is 1. The summed E-state index contributed by atoms with van der Waals surface area (Å²) in [5.74, 6) is 0.376. The monoisotopic (exact) mass is 534 g/mol. The van der Waals surface area contributed by atoms with Crippen molar-refractivity contribution < 1.29 is 34.6 Å². The Morgan fingerprint density at radius 2 is 1.81 bits per heavy atom. The molecule has 0 spiro atoms. The largest absolute Gasteiger partial charge is 0.496 e. The molecule has 37 heavy (non-hydrogen) atoms. The van der Waals surface area contributed by atoms with E-state index >= 15 is 0 Å². The number of fused-ring (bicyclic) bond motifs is 1. The van der Waals surface area contributed by atoms with Gasteiger partial charge in [0.1, 0.15) is 24.1 Å². The van der Waals surface area contributed by atoms with Gasteiger partial charge in [0, 0.05) is 17.5 Å². The van der Waals surface area contributed by atoms with Crippen LogP contribution >= 0.6 is 11.6 Å². The first kappa shape index (κ1) is 28.3. The van der Waals surface area contributed by atoms with Gasteiger partial charge in [-0.3, -0.25) is 0 Å². The molecule has 4 rings (SSSR count). The second-order valence-corrected chi connectivity index (χ2v) is 11.8. The molecule has 2 aromatic carbocycles. The normalized spacial score (nSPS) is 30.2. The van der Waals surface area contributed by atoms with Gasteiger partial charge >= 0.3 is 0 Å². The maximum absolute atomic E-state index is 10.5. The summed E-state index contributed by atoms with van der Waals surface area (Å²) < 4.78 is 17.2. The topological polar surface area (TPSA) is 109 Å². The number of ether oxygens (including phenoxy) is 3. The summed E-state index contributed by atoms with van der Waals surface area (Å²) in [5, 5.41) is 41.4. The van der Waals surface area contributed by atoms with E-state index in [0.29, 0.717) is 11.4 Å². The third-order valence-corrected chi connectivity index (χ3v) is 8.21. The summed E-state index contributed by atoms with van der Waals surface area (Å²) in [6, 6.07) is 10.3. The summed E-state index contributed by atoms with van der Waals surface area (Å²) in [6.07, 6.45) is -4.33. The molecule has 4 N–H and O–H groups in total. The molecule has 0 aromatic heterocycles. The molecule has 7 atom stereocenters. The molecular weight excluding hydrogens is 496 g/mol. The maximum atomic E-state index is 10.5. The minimum atomic E-state index is -1.38. The molecule has 2 aromatic rings. The number of aliphatic hydroxyl groups is 4. The van der Waals surface area contributed by atoms with Gasteiger partial charge in [-0.25, -0.2) is 0 Å². The van der Waals surface area contributed by atoms with Crippen LogP contribution in [0.1, 0.15) is 54.5 Å². The van der Waals surface area contributed by atoms with Crippen LogP contribution in [0.25, 0.3) is 0 Å². The Morgan fingerprint density at radius 1 is 1.08 bits per heavy atom. The van der Waals surface area contributed by atoms with Crippen molar-refractivity contribution in [1.82, 2.24) is 0 Å². The van der Waals surface area contributed by atoms with Crippen LogP contribution in [-0.4, -0.2) is 72.0 Å². The van der Waals surface area contributed by atoms with Gasteiger partial charge in [0.25, 0.3) is 0 Å². The molecule has 7 nitrogen and oxygen atoms in total. The molecule has 2 aliphatic rings. The van der Waals surface area contributed by atoms with E-state index in [1.165, 1.54) is 0 Å². The van der Waals surface area contributed by atoms with E-state index in [0.717, 1.165) is 33.6 Å². The number of methoxy groups -OCH3 is 1. The van der Waals surface area contributed by atoms with Gasteiger partial charge in [-0.2, -0.15) is 0 Å². The second kappa shape index (κ2) is 11.2. The lowest BCUT2D eigenvalue weighted by Gasteiger charge is -2.42. The number of hydrogen-bond acceptors (Lipinski definition) is 7. The van der Waals surface area contributed by atoms with E-state index in [1.54, 1.807) is 7.11 Å². The van der Waals surface area contributed by atoms with Gasteiger partial charge in [-0.15, -0.1) is 0 Å². The Balaban J connectivity index is 1.77. The van der Waals surface area contributed by atoms with Gasteiger partial charge in [0.05, 0.1) is 20.3 Å². The van der Waals surface area contributed by atoms with E-state index in [9.17, 15) is 20.4 Å². The fraction of sp³-hybridized carbons (Fsp3) is 0.586. The van der Waals surface area contributed by atoms with Crippen LogP contribution in [0.15, 0.2) is 30.3 Å². The van der Waals surface area contributed by atoms with Crippen LogP contribution in [0.5, 0.6) is 5.75 Å². The third kappa shape index (κ3) is 5.69. The summed E-state index contributed by atoms with van der Waals surface area (Å²) in [7, 11) is 1.67. The molecule has 0 bridgehead atoms. The molecule has 1 heterocycles. The zero-order chi connectivity index (χ0) is 27.1. The lowest BCUT2D eigenvalue weighted by molar-refractivity contribution is -0.274. The molecule has 1 unspecified atom stereocenters. The molecule has 8 heteroatoms. The molecule has 204 valence electrons. The number of halogens is 1. The van der Waals surface area contributed by atoms with Crippen LogP contribution in [0.3, 0.4) is 0 Å². The number of rotatable bonds is 6. The number of benzene rings is 2. The molecule has 1 saturated heterocycles. The summed E-state index contributed by atoms with van der Waals surface area (Å²) in [4.78, 5) is 0. The molecule has 0 radical (unpaired) electrons. The van der Waals surface area contributed by atoms with Crippen LogP contribution in [0.2, 0.25) is 5.02 Å². The van der Waals surface area contributed by atoms with Gasteiger partial charge < -0.3 is 34.6 Å².